The predicted octanol–water partition coefficient (Wildman–Crippen LogP) is 6.38. The van der Waals surface area contributed by atoms with Gasteiger partial charge in [0.15, 0.2) is 11.6 Å². The summed E-state index contributed by atoms with van der Waals surface area (Å²) in [6.45, 7) is 9.91. The van der Waals surface area contributed by atoms with Gasteiger partial charge in [0.2, 0.25) is 5.95 Å². The topological polar surface area (TPSA) is 94.1 Å². The fraction of sp³-hybridized carbons (Fsp3) is 0.676. The van der Waals surface area contributed by atoms with E-state index < -0.39 is 18.4 Å². The molecule has 1 aromatic carbocycles. The Kier molecular flexibility index (Phi) is 11.0. The zero-order valence-corrected chi connectivity index (χ0v) is 29.6. The number of aromatic nitrogens is 2. The largest absolute Gasteiger partial charge is 0.495 e. The molecule has 0 radical (unpaired) electrons. The summed E-state index contributed by atoms with van der Waals surface area (Å²) in [7, 11) is 2.79. The molecular formula is C37H53F2N7O3. The van der Waals surface area contributed by atoms with E-state index in [2.05, 4.69) is 32.0 Å². The highest BCUT2D eigenvalue weighted by Gasteiger charge is 2.48. The molecule has 3 heterocycles. The molecule has 2 aromatic rings. The summed E-state index contributed by atoms with van der Waals surface area (Å²) in [5.74, 6) is -1.96. The van der Waals surface area contributed by atoms with Gasteiger partial charge < -0.3 is 24.8 Å². The molecule has 0 atom stereocenters. The Morgan fingerprint density at radius 1 is 1.00 bits per heavy atom. The lowest BCUT2D eigenvalue weighted by atomic mass is 9.86. The van der Waals surface area contributed by atoms with Crippen LogP contribution >= 0.6 is 0 Å². The van der Waals surface area contributed by atoms with E-state index in [4.69, 9.17) is 4.74 Å². The number of fused-ring (bicyclic) bond motifs is 1. The molecule has 3 aliphatic carbocycles. The molecule has 4 fully saturated rings. The molecule has 3 saturated carbocycles. The lowest BCUT2D eigenvalue weighted by Gasteiger charge is -2.41. The number of piperazine rings is 1. The van der Waals surface area contributed by atoms with E-state index in [0.717, 1.165) is 48.5 Å². The molecule has 1 amide bonds. The monoisotopic (exact) mass is 681 g/mol. The highest BCUT2D eigenvalue weighted by atomic mass is 19.3. The fourth-order valence-electron chi connectivity index (χ4n) is 7.82. The van der Waals surface area contributed by atoms with Crippen molar-refractivity contribution in [2.75, 3.05) is 68.5 Å². The Bertz CT molecular complexity index is 1470. The van der Waals surface area contributed by atoms with Crippen LogP contribution in [-0.4, -0.2) is 103 Å². The van der Waals surface area contributed by atoms with Crippen LogP contribution in [0.15, 0.2) is 24.4 Å². The highest BCUT2D eigenvalue weighted by Crippen LogP contribution is 2.40. The number of anilines is 4. The molecule has 0 unspecified atom stereocenters. The summed E-state index contributed by atoms with van der Waals surface area (Å²) in [5, 5.41) is 3.04. The van der Waals surface area contributed by atoms with Gasteiger partial charge in [-0.2, -0.15) is 13.8 Å². The number of halogens is 2. The Hall–Kier alpha value is -3.38. The second kappa shape index (κ2) is 15.2. The van der Waals surface area contributed by atoms with Gasteiger partial charge in [-0.3, -0.25) is 14.5 Å². The molecule has 0 bridgehead atoms. The van der Waals surface area contributed by atoms with Crippen LogP contribution in [0.2, 0.25) is 0 Å². The SMILES string of the molecule is CC1CCC(N2CCN(CC3CC3)CC2)CC1.COc1cc(C(C)=O)ccc1Nc1ncc2c(n1)N(C1CCCC1)CC(F)(F)C(=O)N2C. The van der Waals surface area contributed by atoms with Crippen molar-refractivity contribution in [3.8, 4) is 5.75 Å². The first-order valence-electron chi connectivity index (χ1n) is 18.2. The summed E-state index contributed by atoms with van der Waals surface area (Å²) >= 11 is 0. The average Bonchev–Trinajstić information content (AvgIpc) is 3.76. The van der Waals surface area contributed by atoms with E-state index in [0.29, 0.717) is 22.8 Å². The number of nitrogens with zero attached hydrogens (tertiary/aromatic N) is 6. The Balaban J connectivity index is 0.000000205. The van der Waals surface area contributed by atoms with E-state index in [9.17, 15) is 18.4 Å². The van der Waals surface area contributed by atoms with Crippen molar-refractivity contribution in [3.63, 3.8) is 0 Å². The lowest BCUT2D eigenvalue weighted by Crippen LogP contribution is -2.51. The van der Waals surface area contributed by atoms with Crippen LogP contribution in [0.25, 0.3) is 0 Å². The fourth-order valence-corrected chi connectivity index (χ4v) is 7.82. The van der Waals surface area contributed by atoms with Gasteiger partial charge in [0.1, 0.15) is 11.4 Å². The van der Waals surface area contributed by atoms with Crippen molar-refractivity contribution < 1.29 is 23.1 Å². The summed E-state index contributed by atoms with van der Waals surface area (Å²) in [6.07, 6.45) is 13.7. The smallest absolute Gasteiger partial charge is 0.342 e. The molecule has 268 valence electrons. The third kappa shape index (κ3) is 8.51. The van der Waals surface area contributed by atoms with E-state index in [1.54, 1.807) is 23.1 Å². The number of hydrogen-bond donors (Lipinski definition) is 1. The number of amides is 1. The molecule has 1 N–H and O–H groups in total. The number of Topliss-reactive ketones (excluding diaryl/α,β-unsaturated/α-hetero) is 1. The molecule has 5 aliphatic rings. The number of ether oxygens (including phenoxy) is 1. The van der Waals surface area contributed by atoms with Crippen molar-refractivity contribution in [1.82, 2.24) is 19.8 Å². The number of hydrogen-bond acceptors (Lipinski definition) is 9. The van der Waals surface area contributed by atoms with Crippen molar-refractivity contribution in [1.29, 1.82) is 0 Å². The summed E-state index contributed by atoms with van der Waals surface area (Å²) in [4.78, 5) is 40.8. The van der Waals surface area contributed by atoms with Gasteiger partial charge in [0.25, 0.3) is 5.91 Å². The molecule has 1 aromatic heterocycles. The predicted molar refractivity (Wildman–Crippen MR) is 188 cm³/mol. The molecule has 10 nitrogen and oxygen atoms in total. The number of alkyl halides is 2. The Morgan fingerprint density at radius 2 is 1.69 bits per heavy atom. The highest BCUT2D eigenvalue weighted by molar-refractivity contribution is 6.02. The van der Waals surface area contributed by atoms with E-state index in [1.165, 1.54) is 98.5 Å². The number of rotatable bonds is 8. The van der Waals surface area contributed by atoms with Gasteiger partial charge in [-0.05, 0) is 88.3 Å². The summed E-state index contributed by atoms with van der Waals surface area (Å²) in [5.41, 5.74) is 1.25. The summed E-state index contributed by atoms with van der Waals surface area (Å²) < 4.78 is 34.7. The van der Waals surface area contributed by atoms with Crippen LogP contribution in [0.5, 0.6) is 5.75 Å². The van der Waals surface area contributed by atoms with Gasteiger partial charge in [0, 0.05) is 57.4 Å². The Morgan fingerprint density at radius 3 is 2.33 bits per heavy atom. The number of carbonyl (C=O) groups excluding carboxylic acids is 2. The van der Waals surface area contributed by atoms with Crippen LogP contribution in [0, 0.1) is 11.8 Å². The van der Waals surface area contributed by atoms with Crippen LogP contribution in [0.1, 0.15) is 88.4 Å². The Labute approximate surface area is 289 Å². The molecule has 1 saturated heterocycles. The first kappa shape index (κ1) is 35.4. The van der Waals surface area contributed by atoms with Crippen LogP contribution in [0.3, 0.4) is 0 Å². The molecule has 0 spiro atoms. The van der Waals surface area contributed by atoms with Crippen LogP contribution < -0.4 is 19.9 Å². The molecule has 7 rings (SSSR count). The zero-order valence-electron chi connectivity index (χ0n) is 29.6. The first-order chi connectivity index (χ1) is 23.5. The van der Waals surface area contributed by atoms with Crippen LogP contribution in [0.4, 0.5) is 31.9 Å². The third-order valence-electron chi connectivity index (χ3n) is 11.1. The minimum atomic E-state index is -3.53. The van der Waals surface area contributed by atoms with Crippen molar-refractivity contribution in [2.45, 2.75) is 96.1 Å². The van der Waals surface area contributed by atoms with E-state index >= 15 is 0 Å². The second-order valence-electron chi connectivity index (χ2n) is 14.8. The lowest BCUT2D eigenvalue weighted by molar-refractivity contribution is -0.140. The number of methoxy groups -OCH3 is 1. The van der Waals surface area contributed by atoms with Crippen molar-refractivity contribution in [3.05, 3.63) is 30.0 Å². The third-order valence-corrected chi connectivity index (χ3v) is 11.1. The molecule has 49 heavy (non-hydrogen) atoms. The van der Waals surface area contributed by atoms with E-state index in [1.807, 2.05) is 0 Å². The van der Waals surface area contributed by atoms with Gasteiger partial charge >= 0.3 is 5.92 Å². The summed E-state index contributed by atoms with van der Waals surface area (Å²) in [6, 6.07) is 5.73. The van der Waals surface area contributed by atoms with Gasteiger partial charge in [0.05, 0.1) is 25.5 Å². The maximum Gasteiger partial charge on any atom is 0.342 e. The minimum Gasteiger partial charge on any atom is -0.495 e. The van der Waals surface area contributed by atoms with Gasteiger partial charge in [-0.15, -0.1) is 0 Å². The van der Waals surface area contributed by atoms with Crippen molar-refractivity contribution in [2.24, 2.45) is 11.8 Å². The molecular weight excluding hydrogens is 628 g/mol. The van der Waals surface area contributed by atoms with Gasteiger partial charge in [-0.25, -0.2) is 4.98 Å². The van der Waals surface area contributed by atoms with Crippen LogP contribution in [-0.2, 0) is 4.79 Å². The van der Waals surface area contributed by atoms with Gasteiger partial charge in [-0.1, -0.05) is 19.8 Å². The first-order valence-corrected chi connectivity index (χ1v) is 18.2. The second-order valence-corrected chi connectivity index (χ2v) is 14.8. The minimum absolute atomic E-state index is 0.100. The number of nitrogens with one attached hydrogen (secondary N) is 1. The maximum absolute atomic E-state index is 14.7. The number of benzene rings is 1. The average molecular weight is 682 g/mol. The molecule has 12 heteroatoms. The standard InChI is InChI=1S/C22H25F2N5O3.C15H28N2/c1-13(30)14-8-9-16(18(10-14)32-3)26-21-25-11-17-19(27-21)29(15-6-4-5-7-15)12-22(23,24)20(31)28(17)2;1-13-2-6-15(7-3-13)17-10-8-16(9-11-17)12-14-4-5-14/h8-11,15H,4-7,12H2,1-3H3,(H,25,26,27);13-15H,2-12H2,1H3. The molecule has 2 aliphatic heterocycles. The number of carbonyl (C=O) groups is 2. The quantitative estimate of drug-likeness (QED) is 0.319. The maximum atomic E-state index is 14.7. The zero-order chi connectivity index (χ0) is 34.7. The van der Waals surface area contributed by atoms with Crippen molar-refractivity contribution >= 4 is 34.8 Å². The number of ketones is 1. The van der Waals surface area contributed by atoms with E-state index in [-0.39, 0.29) is 23.5 Å². The normalized spacial score (nSPS) is 24.9.